The Bertz CT molecular complexity index is 1260. The number of furan rings is 1. The number of rotatable bonds is 11. The number of methoxy groups -OCH3 is 2. The zero-order valence-corrected chi connectivity index (χ0v) is 23.8. The van der Waals surface area contributed by atoms with Crippen LogP contribution in [0.5, 0.6) is 11.5 Å². The number of aryl methyl sites for hydroxylation is 1. The van der Waals surface area contributed by atoms with Crippen LogP contribution in [0, 0.1) is 29.1 Å². The third-order valence-corrected chi connectivity index (χ3v) is 11.1. The third kappa shape index (κ3) is 4.65. The number of carbonyl (C=O) groups excluding carboxylic acids is 1. The number of unbranched alkanes of at least 4 members (excludes halogenated alkanes) is 1. The zero-order chi connectivity index (χ0) is 26.4. The summed E-state index contributed by atoms with van der Waals surface area (Å²) < 4.78 is 18.0. The minimum Gasteiger partial charge on any atom is -0.497 e. The molecule has 0 bridgehead atoms. The van der Waals surface area contributed by atoms with Crippen molar-refractivity contribution in [3.05, 3.63) is 40.5 Å². The van der Waals surface area contributed by atoms with E-state index in [-0.39, 0.29) is 18.3 Å². The zero-order valence-electron chi connectivity index (χ0n) is 22.2. The molecule has 1 saturated heterocycles. The van der Waals surface area contributed by atoms with Gasteiger partial charge in [-0.1, -0.05) is 24.0 Å². The summed E-state index contributed by atoms with van der Waals surface area (Å²) in [6.07, 6.45) is 11.9. The van der Waals surface area contributed by atoms with Gasteiger partial charge in [0.15, 0.2) is 5.78 Å². The van der Waals surface area contributed by atoms with E-state index >= 15 is 0 Å². The van der Waals surface area contributed by atoms with Crippen LogP contribution in [0.1, 0.15) is 62.7 Å². The Labute approximate surface area is 234 Å². The SMILES string of the molecule is COc1cc(OC)cc(-c2cc(CCCCO)c(/C=C3\SC(=S)C(CCC4CC5CCC56CC46)C3=O)o2)c1. The van der Waals surface area contributed by atoms with E-state index in [4.69, 9.17) is 26.1 Å². The number of benzene rings is 1. The largest absolute Gasteiger partial charge is 0.497 e. The summed E-state index contributed by atoms with van der Waals surface area (Å²) in [5.41, 5.74) is 2.59. The summed E-state index contributed by atoms with van der Waals surface area (Å²) >= 11 is 7.16. The first kappa shape index (κ1) is 26.1. The van der Waals surface area contributed by atoms with Gasteiger partial charge >= 0.3 is 0 Å². The van der Waals surface area contributed by atoms with Crippen molar-refractivity contribution < 1.29 is 23.8 Å². The number of hydrogen-bond donors (Lipinski definition) is 1. The van der Waals surface area contributed by atoms with E-state index in [1.54, 1.807) is 14.2 Å². The fourth-order valence-electron chi connectivity index (χ4n) is 7.30. The van der Waals surface area contributed by atoms with Gasteiger partial charge in [-0.2, -0.15) is 0 Å². The molecule has 1 N–H and O–H groups in total. The van der Waals surface area contributed by atoms with Crippen LogP contribution in [0.3, 0.4) is 0 Å². The van der Waals surface area contributed by atoms with E-state index in [0.29, 0.717) is 34.3 Å². The molecule has 202 valence electrons. The van der Waals surface area contributed by atoms with Gasteiger partial charge in [-0.15, -0.1) is 0 Å². The lowest BCUT2D eigenvalue weighted by molar-refractivity contribution is -0.116. The summed E-state index contributed by atoms with van der Waals surface area (Å²) in [6.45, 7) is 0.155. The van der Waals surface area contributed by atoms with E-state index in [2.05, 4.69) is 0 Å². The smallest absolute Gasteiger partial charge is 0.178 e. The number of ketones is 1. The van der Waals surface area contributed by atoms with E-state index < -0.39 is 0 Å². The van der Waals surface area contributed by atoms with Crippen LogP contribution < -0.4 is 9.47 Å². The molecule has 1 aromatic heterocycles. The summed E-state index contributed by atoms with van der Waals surface area (Å²) in [6, 6.07) is 7.68. The fraction of sp³-hybridized carbons (Fsp3) is 0.548. The van der Waals surface area contributed by atoms with E-state index in [9.17, 15) is 9.90 Å². The van der Waals surface area contributed by atoms with Crippen LogP contribution in [0.2, 0.25) is 0 Å². The molecule has 38 heavy (non-hydrogen) atoms. The Morgan fingerprint density at radius 3 is 2.55 bits per heavy atom. The Hall–Kier alpha value is -2.09. The molecular formula is C31H36O5S2. The lowest BCUT2D eigenvalue weighted by Gasteiger charge is -2.34. The maximum absolute atomic E-state index is 13.5. The number of aliphatic hydroxyl groups is 1. The van der Waals surface area contributed by atoms with Gasteiger partial charge in [0.25, 0.3) is 0 Å². The standard InChI is InChI=1S/C31H36O5S2/c1-34-22-12-20(13-23(15-22)35-2)26-14-19(5-3-4-10-32)27(36-26)16-28-29(33)24(30(37)38-28)7-6-18-11-21-8-9-31(21)17-25(18)31/h12-16,18,21,24-25,32H,3-11,17H2,1-2H3/b28-16-. The van der Waals surface area contributed by atoms with Crippen molar-refractivity contribution in [3.63, 3.8) is 0 Å². The first-order valence-electron chi connectivity index (χ1n) is 13.9. The van der Waals surface area contributed by atoms with Gasteiger partial charge in [-0.3, -0.25) is 4.79 Å². The molecule has 2 aromatic rings. The molecule has 0 radical (unpaired) electrons. The van der Waals surface area contributed by atoms with Gasteiger partial charge in [0.2, 0.25) is 0 Å². The Kier molecular flexibility index (Phi) is 7.21. The normalized spacial score (nSPS) is 30.3. The van der Waals surface area contributed by atoms with Crippen LogP contribution >= 0.6 is 24.0 Å². The quantitative estimate of drug-likeness (QED) is 0.181. The van der Waals surface area contributed by atoms with Crippen molar-refractivity contribution in [2.75, 3.05) is 20.8 Å². The first-order chi connectivity index (χ1) is 18.5. The third-order valence-electron chi connectivity index (χ3n) is 9.58. The van der Waals surface area contributed by atoms with E-state index in [0.717, 1.165) is 64.2 Å². The van der Waals surface area contributed by atoms with Crippen LogP contribution in [0.15, 0.2) is 33.6 Å². The second kappa shape index (κ2) is 10.5. The minimum atomic E-state index is -0.163. The van der Waals surface area contributed by atoms with Crippen molar-refractivity contribution in [1.82, 2.24) is 0 Å². The summed E-state index contributed by atoms with van der Waals surface area (Å²) in [4.78, 5) is 14.2. The van der Waals surface area contributed by atoms with Crippen molar-refractivity contribution in [2.24, 2.45) is 29.1 Å². The molecule has 1 spiro atoms. The molecule has 5 unspecified atom stereocenters. The summed E-state index contributed by atoms with van der Waals surface area (Å²) in [5.74, 6) is 5.41. The molecule has 1 aromatic carbocycles. The minimum absolute atomic E-state index is 0.147. The highest BCUT2D eigenvalue weighted by atomic mass is 32.2. The Morgan fingerprint density at radius 2 is 1.95 bits per heavy atom. The maximum atomic E-state index is 13.5. The predicted octanol–water partition coefficient (Wildman–Crippen LogP) is 7.10. The number of aliphatic hydroxyl groups excluding tert-OH is 1. The highest BCUT2D eigenvalue weighted by Crippen LogP contribution is 2.78. The number of thiocarbonyl (C=S) groups is 1. The number of thioether (sulfide) groups is 1. The Balaban J connectivity index is 1.21. The average molecular weight is 553 g/mol. The van der Waals surface area contributed by atoms with Gasteiger partial charge in [0.05, 0.1) is 29.2 Å². The van der Waals surface area contributed by atoms with Crippen molar-refractivity contribution in [3.8, 4) is 22.8 Å². The van der Waals surface area contributed by atoms with Gasteiger partial charge in [0, 0.05) is 18.2 Å². The summed E-state index contributed by atoms with van der Waals surface area (Å²) in [7, 11) is 3.25. The molecule has 3 aliphatic carbocycles. The van der Waals surface area contributed by atoms with Crippen molar-refractivity contribution in [2.45, 2.75) is 57.8 Å². The maximum Gasteiger partial charge on any atom is 0.178 e. The number of allylic oxidation sites excluding steroid dienone is 1. The molecule has 3 saturated carbocycles. The Morgan fingerprint density at radius 1 is 1.16 bits per heavy atom. The highest BCUT2D eigenvalue weighted by molar-refractivity contribution is 8.27. The second-order valence-corrected chi connectivity index (χ2v) is 13.3. The molecule has 7 heteroatoms. The van der Waals surface area contributed by atoms with Crippen LogP contribution in [-0.4, -0.2) is 35.9 Å². The molecule has 0 amide bonds. The number of carbonyl (C=O) groups is 1. The molecular weight excluding hydrogens is 516 g/mol. The van der Waals surface area contributed by atoms with Crippen molar-refractivity contribution >= 4 is 40.0 Å². The molecule has 6 rings (SSSR count). The number of ether oxygens (including phenoxy) is 2. The molecule has 1 aliphatic heterocycles. The fourth-order valence-corrected chi connectivity index (χ4v) is 8.79. The topological polar surface area (TPSA) is 68.9 Å². The van der Waals surface area contributed by atoms with Crippen LogP contribution in [0.4, 0.5) is 0 Å². The molecule has 5 nitrogen and oxygen atoms in total. The second-order valence-electron chi connectivity index (χ2n) is 11.5. The summed E-state index contributed by atoms with van der Waals surface area (Å²) in [5, 5.41) is 9.29. The van der Waals surface area contributed by atoms with Crippen LogP contribution in [0.25, 0.3) is 17.4 Å². The van der Waals surface area contributed by atoms with Crippen molar-refractivity contribution in [1.29, 1.82) is 0 Å². The monoisotopic (exact) mass is 552 g/mol. The van der Waals surface area contributed by atoms with Gasteiger partial charge in [-0.05, 0) is 111 Å². The van der Waals surface area contributed by atoms with E-state index in [1.807, 2.05) is 30.3 Å². The van der Waals surface area contributed by atoms with E-state index in [1.165, 1.54) is 37.4 Å². The number of Topliss-reactive ketones (excluding diaryl/α,β-unsaturated/α-hetero) is 1. The molecule has 5 atom stereocenters. The predicted molar refractivity (Wildman–Crippen MR) is 155 cm³/mol. The molecule has 4 aliphatic rings. The number of hydrogen-bond acceptors (Lipinski definition) is 7. The lowest BCUT2D eigenvalue weighted by atomic mass is 9.71. The van der Waals surface area contributed by atoms with Gasteiger partial charge in [-0.25, -0.2) is 0 Å². The van der Waals surface area contributed by atoms with Gasteiger partial charge in [0.1, 0.15) is 23.0 Å². The molecule has 2 heterocycles. The first-order valence-corrected chi connectivity index (χ1v) is 15.1. The lowest BCUT2D eigenvalue weighted by Crippen LogP contribution is -2.24. The van der Waals surface area contributed by atoms with Crippen LogP contribution in [-0.2, 0) is 11.2 Å². The highest BCUT2D eigenvalue weighted by Gasteiger charge is 2.70. The average Bonchev–Trinajstić information content (AvgIpc) is 3.43. The molecule has 4 fully saturated rings. The van der Waals surface area contributed by atoms with Gasteiger partial charge < -0.3 is 19.0 Å².